The minimum atomic E-state index is -0.372. The third-order valence-electron chi connectivity index (χ3n) is 5.23. The molecule has 6 heteroatoms. The summed E-state index contributed by atoms with van der Waals surface area (Å²) in [6.07, 6.45) is 6.64. The Morgan fingerprint density at radius 1 is 1.00 bits per heavy atom. The van der Waals surface area contributed by atoms with Crippen molar-refractivity contribution in [1.82, 2.24) is 0 Å². The van der Waals surface area contributed by atoms with Crippen molar-refractivity contribution in [1.29, 1.82) is 0 Å². The number of benzene rings is 2. The first-order chi connectivity index (χ1) is 14.1. The molecule has 0 atom stereocenters. The zero-order valence-corrected chi connectivity index (χ0v) is 17.1. The molecule has 1 amide bonds. The van der Waals surface area contributed by atoms with Crippen molar-refractivity contribution < 1.29 is 9.18 Å². The maximum Gasteiger partial charge on any atom is 0.234 e. The lowest BCUT2D eigenvalue weighted by molar-refractivity contribution is -0.113. The molecule has 0 saturated heterocycles. The van der Waals surface area contributed by atoms with Gasteiger partial charge < -0.3 is 5.32 Å². The molecule has 0 aromatic heterocycles. The number of amides is 1. The zero-order valence-electron chi connectivity index (χ0n) is 16.2. The van der Waals surface area contributed by atoms with Crippen LogP contribution < -0.4 is 5.32 Å². The van der Waals surface area contributed by atoms with Gasteiger partial charge in [-0.1, -0.05) is 61.0 Å². The number of nitrogens with zero attached hydrogens (tertiary/aromatic N) is 2. The fraction of sp³-hybridized carbons (Fsp3) is 0.348. The molecule has 1 N–H and O–H groups in total. The van der Waals surface area contributed by atoms with Gasteiger partial charge in [0.15, 0.2) is 5.66 Å². The van der Waals surface area contributed by atoms with E-state index >= 15 is 0 Å². The fourth-order valence-corrected chi connectivity index (χ4v) is 4.70. The van der Waals surface area contributed by atoms with E-state index in [2.05, 4.69) is 5.32 Å². The quantitative estimate of drug-likeness (QED) is 0.730. The van der Waals surface area contributed by atoms with Crippen LogP contribution in [0.2, 0.25) is 0 Å². The second-order valence-corrected chi connectivity index (χ2v) is 8.45. The number of halogens is 1. The van der Waals surface area contributed by atoms with Crippen molar-refractivity contribution >= 4 is 34.1 Å². The maximum absolute atomic E-state index is 13.3. The summed E-state index contributed by atoms with van der Waals surface area (Å²) in [7, 11) is 0. The third-order valence-corrected chi connectivity index (χ3v) is 6.20. The van der Waals surface area contributed by atoms with Gasteiger partial charge in [0.2, 0.25) is 5.91 Å². The van der Waals surface area contributed by atoms with Crippen molar-refractivity contribution in [3.8, 4) is 0 Å². The van der Waals surface area contributed by atoms with E-state index in [4.69, 9.17) is 9.98 Å². The van der Waals surface area contributed by atoms with E-state index in [1.54, 1.807) is 12.1 Å². The van der Waals surface area contributed by atoms with Crippen LogP contribution in [0, 0.1) is 5.82 Å². The van der Waals surface area contributed by atoms with Gasteiger partial charge in [-0.15, -0.1) is 0 Å². The van der Waals surface area contributed by atoms with Crippen LogP contribution in [0.15, 0.2) is 64.6 Å². The van der Waals surface area contributed by atoms with Crippen molar-refractivity contribution in [3.63, 3.8) is 0 Å². The van der Waals surface area contributed by atoms with Gasteiger partial charge in [0, 0.05) is 11.3 Å². The highest BCUT2D eigenvalue weighted by Gasteiger charge is 2.37. The predicted molar refractivity (Wildman–Crippen MR) is 118 cm³/mol. The highest BCUT2D eigenvalue weighted by atomic mass is 32.2. The number of anilines is 1. The molecule has 1 spiro atoms. The summed E-state index contributed by atoms with van der Waals surface area (Å²) in [6.45, 7) is 0. The lowest BCUT2D eigenvalue weighted by Gasteiger charge is -2.20. The second-order valence-electron chi connectivity index (χ2n) is 7.49. The van der Waals surface area contributed by atoms with E-state index in [9.17, 15) is 9.18 Å². The highest BCUT2D eigenvalue weighted by molar-refractivity contribution is 8.16. The molecular weight excluding hydrogens is 385 g/mol. The summed E-state index contributed by atoms with van der Waals surface area (Å²) in [5.41, 5.74) is 2.01. The first-order valence-electron chi connectivity index (χ1n) is 10.1. The van der Waals surface area contributed by atoms with Gasteiger partial charge in [0.1, 0.15) is 10.9 Å². The van der Waals surface area contributed by atoms with E-state index in [0.29, 0.717) is 5.69 Å². The largest absolute Gasteiger partial charge is 0.325 e. The van der Waals surface area contributed by atoms with Crippen molar-refractivity contribution in [3.05, 3.63) is 66.0 Å². The van der Waals surface area contributed by atoms with Crippen LogP contribution in [0.3, 0.4) is 0 Å². The number of carbonyl (C=O) groups excluding carboxylic acids is 1. The summed E-state index contributed by atoms with van der Waals surface area (Å²) < 4.78 is 13.3. The minimum absolute atomic E-state index is 0.183. The van der Waals surface area contributed by atoms with Crippen LogP contribution in [-0.2, 0) is 4.79 Å². The van der Waals surface area contributed by atoms with E-state index < -0.39 is 0 Å². The number of carbonyl (C=O) groups is 1. The van der Waals surface area contributed by atoms with Crippen LogP contribution >= 0.6 is 11.8 Å². The predicted octanol–water partition coefficient (Wildman–Crippen LogP) is 5.45. The number of aliphatic imine (C=N–C) groups is 2. The topological polar surface area (TPSA) is 53.8 Å². The SMILES string of the molecule is O=C(CSC1=NC2(CCCCCC2)N=C1c1ccccc1)Nc1cccc(F)c1. The Morgan fingerprint density at radius 2 is 1.76 bits per heavy atom. The molecule has 29 heavy (non-hydrogen) atoms. The number of hydrogen-bond donors (Lipinski definition) is 1. The van der Waals surface area contributed by atoms with Crippen LogP contribution in [0.25, 0.3) is 0 Å². The molecule has 0 bridgehead atoms. The van der Waals surface area contributed by atoms with E-state index in [1.165, 1.54) is 36.7 Å². The van der Waals surface area contributed by atoms with Crippen molar-refractivity contribution in [2.24, 2.45) is 9.98 Å². The Labute approximate surface area is 174 Å². The molecule has 1 heterocycles. The molecule has 0 unspecified atom stereocenters. The molecule has 2 aliphatic rings. The van der Waals surface area contributed by atoms with Gasteiger partial charge >= 0.3 is 0 Å². The summed E-state index contributed by atoms with van der Waals surface area (Å²) >= 11 is 1.41. The van der Waals surface area contributed by atoms with Gasteiger partial charge in [0.25, 0.3) is 0 Å². The van der Waals surface area contributed by atoms with E-state index in [-0.39, 0.29) is 23.1 Å². The zero-order chi connectivity index (χ0) is 20.1. The molecule has 1 saturated carbocycles. The van der Waals surface area contributed by atoms with Gasteiger partial charge in [-0.2, -0.15) is 0 Å². The normalized spacial score (nSPS) is 18.1. The van der Waals surface area contributed by atoms with Crippen LogP contribution in [0.1, 0.15) is 44.1 Å². The standard InChI is InChI=1S/C23H24FN3OS/c24-18-11-8-12-19(15-18)25-20(28)16-29-22-21(17-9-4-3-5-10-17)26-23(27-22)13-6-1-2-7-14-23/h3-5,8-12,15H,1-2,6-7,13-14,16H2,(H,25,28). The van der Waals surface area contributed by atoms with Crippen LogP contribution in [-0.4, -0.2) is 28.1 Å². The first-order valence-corrected chi connectivity index (χ1v) is 11.1. The molecule has 150 valence electrons. The molecule has 2 aromatic carbocycles. The Hall–Kier alpha value is -2.47. The molecular formula is C23H24FN3OS. The number of hydrogen-bond acceptors (Lipinski definition) is 4. The molecule has 1 aliphatic heterocycles. The molecule has 1 aliphatic carbocycles. The minimum Gasteiger partial charge on any atom is -0.325 e. The van der Waals surface area contributed by atoms with Crippen molar-refractivity contribution in [2.45, 2.75) is 44.2 Å². The summed E-state index contributed by atoms with van der Waals surface area (Å²) in [4.78, 5) is 22.5. The monoisotopic (exact) mass is 409 g/mol. The number of rotatable bonds is 4. The first kappa shape index (κ1) is 19.8. The van der Waals surface area contributed by atoms with E-state index in [1.807, 2.05) is 30.3 Å². The van der Waals surface area contributed by atoms with Gasteiger partial charge in [-0.05, 0) is 43.9 Å². The lowest BCUT2D eigenvalue weighted by atomic mass is 10.0. The number of nitrogens with one attached hydrogen (secondary N) is 1. The van der Waals surface area contributed by atoms with Gasteiger partial charge in [0.05, 0.1) is 11.5 Å². The molecule has 2 aromatic rings. The van der Waals surface area contributed by atoms with Crippen molar-refractivity contribution in [2.75, 3.05) is 11.1 Å². The molecule has 0 radical (unpaired) electrons. The maximum atomic E-state index is 13.3. The average Bonchev–Trinajstić information content (AvgIpc) is 2.92. The summed E-state index contributed by atoms with van der Waals surface area (Å²) in [5, 5.41) is 3.57. The summed E-state index contributed by atoms with van der Waals surface area (Å²) in [6, 6.07) is 16.0. The Morgan fingerprint density at radius 3 is 2.48 bits per heavy atom. The molecule has 4 rings (SSSR count). The van der Waals surface area contributed by atoms with Gasteiger partial charge in [-0.25, -0.2) is 9.38 Å². The summed E-state index contributed by atoms with van der Waals surface area (Å²) in [5.74, 6) is -0.348. The second kappa shape index (κ2) is 8.91. The van der Waals surface area contributed by atoms with Crippen LogP contribution in [0.5, 0.6) is 0 Å². The average molecular weight is 410 g/mol. The van der Waals surface area contributed by atoms with E-state index in [0.717, 1.165) is 42.0 Å². The van der Waals surface area contributed by atoms with Gasteiger partial charge in [-0.3, -0.25) is 9.79 Å². The smallest absolute Gasteiger partial charge is 0.234 e. The highest BCUT2D eigenvalue weighted by Crippen LogP contribution is 2.37. The lowest BCUT2D eigenvalue weighted by Crippen LogP contribution is -2.20. The Kier molecular flexibility index (Phi) is 6.09. The molecule has 4 nitrogen and oxygen atoms in total. The van der Waals surface area contributed by atoms with Crippen LogP contribution in [0.4, 0.5) is 10.1 Å². The Balaban J connectivity index is 1.50. The number of thioether (sulfide) groups is 1. The Bertz CT molecular complexity index is 934. The molecule has 1 fully saturated rings. The third kappa shape index (κ3) is 4.93. The fourth-order valence-electron chi connectivity index (χ4n) is 3.82.